The van der Waals surface area contributed by atoms with E-state index in [-0.39, 0.29) is 44.0 Å². The first-order valence-electron chi connectivity index (χ1n) is 6.74. The van der Waals surface area contributed by atoms with Crippen LogP contribution in [-0.4, -0.2) is 65.0 Å². The summed E-state index contributed by atoms with van der Waals surface area (Å²) in [5.74, 6) is -0.366. The van der Waals surface area contributed by atoms with Crippen LogP contribution in [0.15, 0.2) is 0 Å². The van der Waals surface area contributed by atoms with Crippen molar-refractivity contribution < 1.29 is 19.5 Å². The molecule has 0 radical (unpaired) electrons. The van der Waals surface area contributed by atoms with E-state index in [0.717, 1.165) is 0 Å². The minimum atomic E-state index is -0.453. The molecule has 1 fully saturated rings. The Morgan fingerprint density at radius 2 is 2.05 bits per heavy atom. The predicted octanol–water partition coefficient (Wildman–Crippen LogP) is -0.0622. The number of aliphatic hydroxyl groups excluding tert-OH is 1. The smallest absolute Gasteiger partial charge is 0.326 e. The molecule has 0 saturated carbocycles. The summed E-state index contributed by atoms with van der Waals surface area (Å²) in [6.45, 7) is 4.05. The molecule has 1 heterocycles. The molecular formula is C13H23N3O4. The summed E-state index contributed by atoms with van der Waals surface area (Å²) in [4.78, 5) is 37.4. The maximum Gasteiger partial charge on any atom is 0.326 e. The summed E-state index contributed by atoms with van der Waals surface area (Å²) >= 11 is 0. The van der Waals surface area contributed by atoms with Crippen LogP contribution < -0.4 is 5.32 Å². The lowest BCUT2D eigenvalue weighted by molar-refractivity contribution is -0.126. The van der Waals surface area contributed by atoms with Crippen molar-refractivity contribution in [3.05, 3.63) is 0 Å². The fraction of sp³-hybridized carbons (Fsp3) is 0.769. The van der Waals surface area contributed by atoms with Gasteiger partial charge in [-0.3, -0.25) is 14.5 Å². The first-order valence-corrected chi connectivity index (χ1v) is 6.74. The summed E-state index contributed by atoms with van der Waals surface area (Å²) < 4.78 is 0. The van der Waals surface area contributed by atoms with E-state index in [4.69, 9.17) is 5.11 Å². The van der Waals surface area contributed by atoms with E-state index < -0.39 is 5.54 Å². The van der Waals surface area contributed by atoms with Crippen molar-refractivity contribution in [3.63, 3.8) is 0 Å². The molecule has 20 heavy (non-hydrogen) atoms. The maximum atomic E-state index is 11.7. The Bertz CT molecular complexity index is 395. The Labute approximate surface area is 118 Å². The molecular weight excluding hydrogens is 262 g/mol. The molecule has 0 aliphatic carbocycles. The highest BCUT2D eigenvalue weighted by Gasteiger charge is 2.32. The Hall–Kier alpha value is -1.63. The van der Waals surface area contributed by atoms with E-state index in [9.17, 15) is 14.4 Å². The van der Waals surface area contributed by atoms with E-state index in [0.29, 0.717) is 12.8 Å². The van der Waals surface area contributed by atoms with E-state index in [2.05, 4.69) is 5.32 Å². The molecule has 114 valence electrons. The third-order valence-corrected chi connectivity index (χ3v) is 3.23. The molecule has 7 nitrogen and oxygen atoms in total. The van der Waals surface area contributed by atoms with Gasteiger partial charge in [0.2, 0.25) is 11.8 Å². The van der Waals surface area contributed by atoms with Gasteiger partial charge >= 0.3 is 6.03 Å². The van der Waals surface area contributed by atoms with Gasteiger partial charge in [0, 0.05) is 32.2 Å². The molecule has 0 aromatic heterocycles. The highest BCUT2D eigenvalue weighted by molar-refractivity contribution is 6.01. The molecule has 1 saturated heterocycles. The zero-order valence-corrected chi connectivity index (χ0v) is 12.3. The Kier molecular flexibility index (Phi) is 5.50. The number of aliphatic hydroxyl groups is 1. The second-order valence-corrected chi connectivity index (χ2v) is 5.69. The van der Waals surface area contributed by atoms with Crippen LogP contribution in [0.4, 0.5) is 4.79 Å². The quantitative estimate of drug-likeness (QED) is 0.641. The van der Waals surface area contributed by atoms with E-state index in [1.165, 1.54) is 9.80 Å². The first-order chi connectivity index (χ1) is 9.26. The number of imide groups is 1. The van der Waals surface area contributed by atoms with Crippen molar-refractivity contribution in [1.29, 1.82) is 0 Å². The monoisotopic (exact) mass is 285 g/mol. The molecule has 2 N–H and O–H groups in total. The summed E-state index contributed by atoms with van der Waals surface area (Å²) in [5.41, 5.74) is -0.453. The second-order valence-electron chi connectivity index (χ2n) is 5.69. The zero-order valence-electron chi connectivity index (χ0n) is 12.3. The van der Waals surface area contributed by atoms with Gasteiger partial charge in [-0.05, 0) is 26.7 Å². The Morgan fingerprint density at radius 1 is 1.40 bits per heavy atom. The molecule has 1 rings (SSSR count). The maximum absolute atomic E-state index is 11.7. The van der Waals surface area contributed by atoms with Crippen molar-refractivity contribution in [1.82, 2.24) is 15.1 Å². The summed E-state index contributed by atoms with van der Waals surface area (Å²) in [7, 11) is 1.57. The minimum Gasteiger partial charge on any atom is -0.396 e. The van der Waals surface area contributed by atoms with Crippen LogP contribution in [0.25, 0.3) is 0 Å². The van der Waals surface area contributed by atoms with Crippen molar-refractivity contribution in [2.45, 2.75) is 38.6 Å². The van der Waals surface area contributed by atoms with E-state index in [1.54, 1.807) is 7.05 Å². The SMILES string of the molecule is CN1CC(=O)N(CCCC(=O)NC(C)(C)CCO)C1=O. The largest absolute Gasteiger partial charge is 0.396 e. The fourth-order valence-electron chi connectivity index (χ4n) is 2.07. The second kappa shape index (κ2) is 6.69. The number of hydrogen-bond donors (Lipinski definition) is 2. The molecule has 0 aromatic carbocycles. The number of nitrogens with one attached hydrogen (secondary N) is 1. The average molecular weight is 285 g/mol. The minimum absolute atomic E-state index is 0.0103. The average Bonchev–Trinajstić information content (AvgIpc) is 2.54. The molecule has 4 amide bonds. The number of carbonyl (C=O) groups is 3. The highest BCUT2D eigenvalue weighted by atomic mass is 16.3. The lowest BCUT2D eigenvalue weighted by Gasteiger charge is -2.25. The van der Waals surface area contributed by atoms with Crippen LogP contribution in [0.5, 0.6) is 0 Å². The van der Waals surface area contributed by atoms with Gasteiger partial charge in [-0.25, -0.2) is 4.79 Å². The van der Waals surface area contributed by atoms with Gasteiger partial charge < -0.3 is 15.3 Å². The normalized spacial score (nSPS) is 16.0. The molecule has 1 aliphatic rings. The Morgan fingerprint density at radius 3 is 2.55 bits per heavy atom. The molecule has 1 aliphatic heterocycles. The molecule has 7 heteroatoms. The van der Waals surface area contributed by atoms with Gasteiger partial charge in [0.05, 0.1) is 0 Å². The lowest BCUT2D eigenvalue weighted by Crippen LogP contribution is -2.44. The van der Waals surface area contributed by atoms with E-state index in [1.807, 2.05) is 13.8 Å². The van der Waals surface area contributed by atoms with Gasteiger partial charge in [0.25, 0.3) is 0 Å². The molecule has 0 unspecified atom stereocenters. The van der Waals surface area contributed by atoms with Crippen molar-refractivity contribution in [2.24, 2.45) is 0 Å². The topological polar surface area (TPSA) is 90.0 Å². The van der Waals surface area contributed by atoms with Crippen molar-refractivity contribution >= 4 is 17.8 Å². The molecule has 0 atom stereocenters. The summed E-state index contributed by atoms with van der Waals surface area (Å²) in [5, 5.41) is 11.7. The third kappa shape index (κ3) is 4.48. The fourth-order valence-corrected chi connectivity index (χ4v) is 2.07. The van der Waals surface area contributed by atoms with Gasteiger partial charge in [-0.15, -0.1) is 0 Å². The lowest BCUT2D eigenvalue weighted by atomic mass is 10.0. The number of rotatable bonds is 7. The number of amides is 4. The number of likely N-dealkylation sites (N-methyl/N-ethyl adjacent to an activating group) is 1. The predicted molar refractivity (Wildman–Crippen MR) is 72.9 cm³/mol. The summed E-state index contributed by atoms with van der Waals surface area (Å²) in [6, 6.07) is -0.309. The van der Waals surface area contributed by atoms with Crippen LogP contribution in [0.2, 0.25) is 0 Å². The van der Waals surface area contributed by atoms with Gasteiger partial charge in [0.1, 0.15) is 6.54 Å². The number of hydrogen-bond acceptors (Lipinski definition) is 4. The van der Waals surface area contributed by atoms with Gasteiger partial charge in [-0.2, -0.15) is 0 Å². The molecule has 0 aromatic rings. The van der Waals surface area contributed by atoms with Crippen LogP contribution in [0, 0.1) is 0 Å². The van der Waals surface area contributed by atoms with Crippen molar-refractivity contribution in [3.8, 4) is 0 Å². The summed E-state index contributed by atoms with van der Waals surface area (Å²) in [6.07, 6.45) is 1.16. The number of urea groups is 1. The van der Waals surface area contributed by atoms with Crippen LogP contribution >= 0.6 is 0 Å². The van der Waals surface area contributed by atoms with Crippen molar-refractivity contribution in [2.75, 3.05) is 26.7 Å². The molecule has 0 bridgehead atoms. The van der Waals surface area contributed by atoms with Gasteiger partial charge in [-0.1, -0.05) is 0 Å². The number of nitrogens with zero attached hydrogens (tertiary/aromatic N) is 2. The number of carbonyl (C=O) groups excluding carboxylic acids is 3. The standard InChI is InChI=1S/C13H23N3O4/c1-13(2,6-8-17)14-10(18)5-4-7-16-11(19)9-15(3)12(16)20/h17H,4-9H2,1-3H3,(H,14,18). The third-order valence-electron chi connectivity index (χ3n) is 3.23. The van der Waals surface area contributed by atoms with Crippen LogP contribution in [0.3, 0.4) is 0 Å². The highest BCUT2D eigenvalue weighted by Crippen LogP contribution is 2.10. The van der Waals surface area contributed by atoms with Crippen LogP contribution in [0.1, 0.15) is 33.1 Å². The molecule has 0 spiro atoms. The Balaban J connectivity index is 2.32. The van der Waals surface area contributed by atoms with E-state index >= 15 is 0 Å². The zero-order chi connectivity index (χ0) is 15.3. The van der Waals surface area contributed by atoms with Gasteiger partial charge in [0.15, 0.2) is 0 Å². The first kappa shape index (κ1) is 16.4. The van der Waals surface area contributed by atoms with Crippen LogP contribution in [-0.2, 0) is 9.59 Å².